The second kappa shape index (κ2) is 8.68. The van der Waals surface area contributed by atoms with E-state index in [9.17, 15) is 9.90 Å². The highest BCUT2D eigenvalue weighted by Gasteiger charge is 2.42. The van der Waals surface area contributed by atoms with Crippen LogP contribution in [0.3, 0.4) is 0 Å². The largest absolute Gasteiger partial charge is 0.497 e. The summed E-state index contributed by atoms with van der Waals surface area (Å²) in [7, 11) is 4.91. The van der Waals surface area contributed by atoms with Gasteiger partial charge in [0.25, 0.3) is 0 Å². The molecule has 8 heteroatoms. The van der Waals surface area contributed by atoms with E-state index in [0.29, 0.717) is 30.0 Å². The maximum Gasteiger partial charge on any atom is 0.220 e. The zero-order chi connectivity index (χ0) is 20.1. The number of piperidine rings is 1. The SMILES string of the molecule is CN=C(NCC(O)c1cc(OC)cc(OC)c1)N1CCCC2(CNC(=O)C2)C1. The zero-order valence-electron chi connectivity index (χ0n) is 16.8. The highest BCUT2D eigenvalue weighted by atomic mass is 16.5. The standard InChI is InChI=1S/C20H30N4O4/c1-21-19(24-6-4-5-20(13-24)10-18(26)23-12-20)22-11-17(25)14-7-15(27-2)9-16(8-14)28-3/h7-9,17,25H,4-6,10-13H2,1-3H3,(H,21,22)(H,23,26). The predicted octanol–water partition coefficient (Wildman–Crippen LogP) is 0.915. The first-order valence-electron chi connectivity index (χ1n) is 9.62. The second-order valence-corrected chi connectivity index (χ2v) is 7.57. The van der Waals surface area contributed by atoms with Gasteiger partial charge in [-0.05, 0) is 30.5 Å². The molecule has 154 valence electrons. The minimum Gasteiger partial charge on any atom is -0.497 e. The Morgan fingerprint density at radius 3 is 2.64 bits per heavy atom. The molecule has 2 atom stereocenters. The summed E-state index contributed by atoms with van der Waals surface area (Å²) in [5, 5.41) is 16.9. The van der Waals surface area contributed by atoms with Crippen LogP contribution in [0.4, 0.5) is 0 Å². The summed E-state index contributed by atoms with van der Waals surface area (Å²) in [4.78, 5) is 18.3. The molecule has 1 aromatic carbocycles. The molecule has 28 heavy (non-hydrogen) atoms. The Morgan fingerprint density at radius 1 is 1.36 bits per heavy atom. The number of ether oxygens (including phenoxy) is 2. The minimum atomic E-state index is -0.741. The number of guanidine groups is 1. The van der Waals surface area contributed by atoms with Crippen molar-refractivity contribution in [1.29, 1.82) is 0 Å². The van der Waals surface area contributed by atoms with Gasteiger partial charge in [0, 0.05) is 51.1 Å². The Labute approximate surface area is 165 Å². The number of aliphatic imine (C=N–C) groups is 1. The molecule has 2 unspecified atom stereocenters. The lowest BCUT2D eigenvalue weighted by atomic mass is 9.79. The van der Waals surface area contributed by atoms with Crippen molar-refractivity contribution in [3.8, 4) is 11.5 Å². The lowest BCUT2D eigenvalue weighted by Gasteiger charge is -2.41. The number of amides is 1. The van der Waals surface area contributed by atoms with E-state index >= 15 is 0 Å². The molecule has 0 aromatic heterocycles. The van der Waals surface area contributed by atoms with Crippen LogP contribution in [0.5, 0.6) is 11.5 Å². The van der Waals surface area contributed by atoms with Gasteiger partial charge < -0.3 is 30.1 Å². The molecule has 8 nitrogen and oxygen atoms in total. The predicted molar refractivity (Wildman–Crippen MR) is 107 cm³/mol. The normalized spacial score (nSPS) is 23.5. The molecule has 0 saturated carbocycles. The second-order valence-electron chi connectivity index (χ2n) is 7.57. The van der Waals surface area contributed by atoms with Gasteiger partial charge in [0.05, 0.1) is 20.3 Å². The van der Waals surface area contributed by atoms with Crippen LogP contribution in [0.15, 0.2) is 23.2 Å². The summed E-state index contributed by atoms with van der Waals surface area (Å²) in [5.74, 6) is 2.14. The molecule has 1 aromatic rings. The van der Waals surface area contributed by atoms with Crippen LogP contribution < -0.4 is 20.1 Å². The third-order valence-corrected chi connectivity index (χ3v) is 5.58. The highest BCUT2D eigenvalue weighted by molar-refractivity contribution is 5.81. The lowest BCUT2D eigenvalue weighted by molar-refractivity contribution is -0.119. The average Bonchev–Trinajstić information content (AvgIpc) is 3.07. The van der Waals surface area contributed by atoms with E-state index in [2.05, 4.69) is 20.5 Å². The molecular formula is C20H30N4O4. The van der Waals surface area contributed by atoms with Crippen molar-refractivity contribution in [2.75, 3.05) is 47.4 Å². The molecule has 0 aliphatic carbocycles. The van der Waals surface area contributed by atoms with Gasteiger partial charge >= 0.3 is 0 Å². The molecule has 2 saturated heterocycles. The van der Waals surface area contributed by atoms with Crippen molar-refractivity contribution in [1.82, 2.24) is 15.5 Å². The first-order valence-corrected chi connectivity index (χ1v) is 9.62. The van der Waals surface area contributed by atoms with Gasteiger partial charge in [-0.2, -0.15) is 0 Å². The maximum absolute atomic E-state index is 11.7. The third kappa shape index (κ3) is 4.49. The molecule has 0 radical (unpaired) electrons. The van der Waals surface area contributed by atoms with Crippen LogP contribution in [0, 0.1) is 5.41 Å². The van der Waals surface area contributed by atoms with E-state index < -0.39 is 6.10 Å². The van der Waals surface area contributed by atoms with E-state index in [1.54, 1.807) is 39.5 Å². The summed E-state index contributed by atoms with van der Waals surface area (Å²) >= 11 is 0. The number of methoxy groups -OCH3 is 2. The van der Waals surface area contributed by atoms with Crippen molar-refractivity contribution in [3.05, 3.63) is 23.8 Å². The molecule has 3 N–H and O–H groups in total. The number of aliphatic hydroxyl groups excluding tert-OH is 1. The number of benzene rings is 1. The summed E-state index contributed by atoms with van der Waals surface area (Å²) in [6.07, 6.45) is 1.90. The van der Waals surface area contributed by atoms with Gasteiger partial charge in [0.1, 0.15) is 11.5 Å². The molecule has 2 heterocycles. The van der Waals surface area contributed by atoms with Crippen molar-refractivity contribution in [2.45, 2.75) is 25.4 Å². The number of aliphatic hydroxyl groups is 1. The first-order chi connectivity index (χ1) is 13.5. The monoisotopic (exact) mass is 390 g/mol. The zero-order valence-corrected chi connectivity index (χ0v) is 16.8. The highest BCUT2D eigenvalue weighted by Crippen LogP contribution is 2.36. The molecule has 0 bridgehead atoms. The average molecular weight is 390 g/mol. The Hall–Kier alpha value is -2.48. The Bertz CT molecular complexity index is 717. The number of hydrogen-bond acceptors (Lipinski definition) is 5. The van der Waals surface area contributed by atoms with Gasteiger partial charge in [0.15, 0.2) is 5.96 Å². The van der Waals surface area contributed by atoms with E-state index in [1.807, 2.05) is 0 Å². The van der Waals surface area contributed by atoms with Crippen molar-refractivity contribution in [3.63, 3.8) is 0 Å². The van der Waals surface area contributed by atoms with Crippen LogP contribution in [0.25, 0.3) is 0 Å². The van der Waals surface area contributed by atoms with Crippen molar-refractivity contribution >= 4 is 11.9 Å². The summed E-state index contributed by atoms with van der Waals surface area (Å²) < 4.78 is 10.5. The fourth-order valence-corrected chi connectivity index (χ4v) is 4.09. The van der Waals surface area contributed by atoms with Gasteiger partial charge in [-0.25, -0.2) is 0 Å². The molecule has 1 amide bonds. The molecule has 3 rings (SSSR count). The molecular weight excluding hydrogens is 360 g/mol. The smallest absolute Gasteiger partial charge is 0.220 e. The van der Waals surface area contributed by atoms with Gasteiger partial charge in [-0.3, -0.25) is 9.79 Å². The van der Waals surface area contributed by atoms with Gasteiger partial charge in [0.2, 0.25) is 5.91 Å². The van der Waals surface area contributed by atoms with Crippen LogP contribution in [0.1, 0.15) is 30.9 Å². The first kappa shape index (κ1) is 20.3. The summed E-state index contributed by atoms with van der Waals surface area (Å²) in [6.45, 7) is 2.71. The topological polar surface area (TPSA) is 95.4 Å². The Morgan fingerprint density at radius 2 is 2.07 bits per heavy atom. The lowest BCUT2D eigenvalue weighted by Crippen LogP contribution is -2.51. The third-order valence-electron chi connectivity index (χ3n) is 5.58. The minimum absolute atomic E-state index is 0.00820. The van der Waals surface area contributed by atoms with Gasteiger partial charge in [-0.1, -0.05) is 0 Å². The summed E-state index contributed by atoms with van der Waals surface area (Å²) in [6, 6.07) is 5.36. The molecule has 2 aliphatic heterocycles. The number of nitrogens with zero attached hydrogens (tertiary/aromatic N) is 2. The quantitative estimate of drug-likeness (QED) is 0.511. The van der Waals surface area contributed by atoms with Crippen LogP contribution in [-0.4, -0.2) is 69.3 Å². The summed E-state index contributed by atoms with van der Waals surface area (Å²) in [5.41, 5.74) is 0.700. The number of carbonyl (C=O) groups is 1. The number of rotatable bonds is 5. The fraction of sp³-hybridized carbons (Fsp3) is 0.600. The van der Waals surface area contributed by atoms with E-state index in [1.165, 1.54) is 0 Å². The van der Waals surface area contributed by atoms with Crippen molar-refractivity contribution in [2.24, 2.45) is 10.4 Å². The number of hydrogen-bond donors (Lipinski definition) is 3. The Kier molecular flexibility index (Phi) is 6.28. The van der Waals surface area contributed by atoms with Crippen LogP contribution in [0.2, 0.25) is 0 Å². The van der Waals surface area contributed by atoms with Crippen LogP contribution in [-0.2, 0) is 4.79 Å². The van der Waals surface area contributed by atoms with Gasteiger partial charge in [-0.15, -0.1) is 0 Å². The maximum atomic E-state index is 11.7. The fourth-order valence-electron chi connectivity index (χ4n) is 4.09. The van der Waals surface area contributed by atoms with E-state index in [4.69, 9.17) is 9.47 Å². The van der Waals surface area contributed by atoms with E-state index in [0.717, 1.165) is 38.4 Å². The molecule has 1 spiro atoms. The number of carbonyl (C=O) groups excluding carboxylic acids is 1. The Balaban J connectivity index is 1.63. The number of nitrogens with one attached hydrogen (secondary N) is 2. The number of likely N-dealkylation sites (tertiary alicyclic amines) is 1. The van der Waals surface area contributed by atoms with Crippen molar-refractivity contribution < 1.29 is 19.4 Å². The van der Waals surface area contributed by atoms with Crippen LogP contribution >= 0.6 is 0 Å². The van der Waals surface area contributed by atoms with E-state index in [-0.39, 0.29) is 11.3 Å². The molecule has 2 fully saturated rings. The molecule has 2 aliphatic rings.